The molecule has 0 saturated carbocycles. The molecule has 144 valence electrons. The topological polar surface area (TPSA) is 44.1 Å². The lowest BCUT2D eigenvalue weighted by Crippen LogP contribution is -2.08. The van der Waals surface area contributed by atoms with Crippen LogP contribution in [0.15, 0.2) is 79.1 Å². The van der Waals surface area contributed by atoms with Crippen LogP contribution in [-0.2, 0) is 0 Å². The number of aromatic nitrogens is 2. The van der Waals surface area contributed by atoms with Crippen molar-refractivity contribution in [3.63, 3.8) is 0 Å². The highest BCUT2D eigenvalue weighted by Crippen LogP contribution is 2.28. The first-order valence-electron chi connectivity index (χ1n) is 9.52. The Morgan fingerprint density at radius 2 is 1.55 bits per heavy atom. The van der Waals surface area contributed by atoms with Crippen molar-refractivity contribution in [1.29, 1.82) is 0 Å². The fourth-order valence-corrected chi connectivity index (χ4v) is 3.66. The minimum Gasteiger partial charge on any atom is -0.423 e. The molecule has 0 saturated heterocycles. The summed E-state index contributed by atoms with van der Waals surface area (Å²) in [5.41, 5.74) is 6.27. The number of aryl methyl sites for hydroxylation is 3. The maximum Gasteiger partial charge on any atom is 0.343 e. The second-order valence-corrected chi connectivity index (χ2v) is 7.15. The summed E-state index contributed by atoms with van der Waals surface area (Å²) >= 11 is 0. The Morgan fingerprint density at radius 3 is 2.21 bits per heavy atom. The zero-order valence-electron chi connectivity index (χ0n) is 16.7. The Bertz CT molecular complexity index is 1140. The molecule has 0 fully saturated rings. The van der Waals surface area contributed by atoms with Crippen LogP contribution in [0.1, 0.15) is 27.0 Å². The Labute approximate surface area is 170 Å². The predicted molar refractivity (Wildman–Crippen MR) is 115 cm³/mol. The highest BCUT2D eigenvalue weighted by molar-refractivity contribution is 5.91. The van der Waals surface area contributed by atoms with Crippen molar-refractivity contribution in [1.82, 2.24) is 9.55 Å². The van der Waals surface area contributed by atoms with Gasteiger partial charge in [-0.15, -0.1) is 0 Å². The molecule has 0 aliphatic heterocycles. The maximum absolute atomic E-state index is 12.2. The van der Waals surface area contributed by atoms with E-state index in [9.17, 15) is 4.79 Å². The lowest BCUT2D eigenvalue weighted by Gasteiger charge is -2.15. The summed E-state index contributed by atoms with van der Waals surface area (Å²) in [5, 5.41) is 0. The smallest absolute Gasteiger partial charge is 0.343 e. The van der Waals surface area contributed by atoms with E-state index in [-0.39, 0.29) is 5.97 Å². The fourth-order valence-electron chi connectivity index (χ4n) is 3.66. The highest BCUT2D eigenvalue weighted by atomic mass is 16.5. The predicted octanol–water partition coefficient (Wildman–Crippen LogP) is 5.68. The number of benzene rings is 3. The van der Waals surface area contributed by atoms with Gasteiger partial charge in [-0.1, -0.05) is 35.9 Å². The van der Waals surface area contributed by atoms with Crippen LogP contribution in [0.5, 0.6) is 5.75 Å². The number of hydrogen-bond donors (Lipinski definition) is 0. The third-order valence-corrected chi connectivity index (χ3v) is 4.85. The van der Waals surface area contributed by atoms with E-state index in [1.807, 2.05) is 36.5 Å². The molecule has 0 aliphatic rings. The summed E-state index contributed by atoms with van der Waals surface area (Å²) in [6.07, 6.45) is 3.78. The average molecular weight is 382 g/mol. The number of nitrogens with zero attached hydrogens (tertiary/aromatic N) is 2. The Morgan fingerprint density at radius 1 is 0.897 bits per heavy atom. The average Bonchev–Trinajstić information content (AvgIpc) is 3.18. The van der Waals surface area contributed by atoms with Crippen LogP contribution in [0.4, 0.5) is 0 Å². The Kier molecular flexibility index (Phi) is 5.00. The molecule has 0 aliphatic carbocycles. The zero-order chi connectivity index (χ0) is 20.4. The zero-order valence-corrected chi connectivity index (χ0v) is 16.7. The molecule has 1 aromatic heterocycles. The van der Waals surface area contributed by atoms with Crippen LogP contribution in [0, 0.1) is 20.8 Å². The third-order valence-electron chi connectivity index (χ3n) is 4.85. The fraction of sp³-hybridized carbons (Fsp3) is 0.120. The third kappa shape index (κ3) is 3.83. The van der Waals surface area contributed by atoms with Crippen LogP contribution in [0.25, 0.3) is 17.1 Å². The number of carbonyl (C=O) groups is 1. The monoisotopic (exact) mass is 382 g/mol. The van der Waals surface area contributed by atoms with E-state index in [0.29, 0.717) is 11.3 Å². The van der Waals surface area contributed by atoms with E-state index in [1.54, 1.807) is 30.5 Å². The van der Waals surface area contributed by atoms with Gasteiger partial charge in [0.1, 0.15) is 11.6 Å². The summed E-state index contributed by atoms with van der Waals surface area (Å²) in [5.74, 6) is 0.982. The molecule has 0 unspecified atom stereocenters. The standard InChI is InChI=1S/C25H22N2O2/c1-17-15-18(2)23(19(3)16-17)27-14-13-26-24(27)20-9-11-22(12-10-20)29-25(28)21-7-5-4-6-8-21/h4-16H,1-3H3. The van der Waals surface area contributed by atoms with Crippen LogP contribution in [-0.4, -0.2) is 15.5 Å². The van der Waals surface area contributed by atoms with Gasteiger partial charge in [-0.25, -0.2) is 9.78 Å². The van der Waals surface area contributed by atoms with Crippen LogP contribution < -0.4 is 4.74 Å². The molecule has 0 bridgehead atoms. The van der Waals surface area contributed by atoms with E-state index in [0.717, 1.165) is 17.1 Å². The van der Waals surface area contributed by atoms with Gasteiger partial charge in [0, 0.05) is 18.0 Å². The Balaban J connectivity index is 1.62. The first-order valence-corrected chi connectivity index (χ1v) is 9.52. The molecule has 3 aromatic carbocycles. The lowest BCUT2D eigenvalue weighted by atomic mass is 10.0. The van der Waals surface area contributed by atoms with Gasteiger partial charge in [0.05, 0.1) is 11.3 Å². The highest BCUT2D eigenvalue weighted by Gasteiger charge is 2.13. The summed E-state index contributed by atoms with van der Waals surface area (Å²) < 4.78 is 7.58. The minimum absolute atomic E-state index is 0.370. The van der Waals surface area contributed by atoms with Crippen molar-refractivity contribution in [2.45, 2.75) is 20.8 Å². The van der Waals surface area contributed by atoms with Crippen LogP contribution in [0.3, 0.4) is 0 Å². The van der Waals surface area contributed by atoms with Gasteiger partial charge < -0.3 is 4.74 Å². The van der Waals surface area contributed by atoms with Gasteiger partial charge in [-0.05, 0) is 68.3 Å². The number of imidazole rings is 1. The molecule has 0 amide bonds. The Hall–Kier alpha value is -3.66. The van der Waals surface area contributed by atoms with Crippen molar-refractivity contribution in [2.24, 2.45) is 0 Å². The number of ether oxygens (including phenoxy) is 1. The largest absolute Gasteiger partial charge is 0.423 e. The van der Waals surface area contributed by atoms with E-state index >= 15 is 0 Å². The van der Waals surface area contributed by atoms with Gasteiger partial charge in [-0.3, -0.25) is 4.57 Å². The van der Waals surface area contributed by atoms with Crippen molar-refractivity contribution in [3.05, 3.63) is 101 Å². The van der Waals surface area contributed by atoms with Crippen molar-refractivity contribution in [2.75, 3.05) is 0 Å². The summed E-state index contributed by atoms with van der Waals surface area (Å²) in [6.45, 7) is 6.34. The molecule has 29 heavy (non-hydrogen) atoms. The second kappa shape index (κ2) is 7.76. The SMILES string of the molecule is Cc1cc(C)c(-n2ccnc2-c2ccc(OC(=O)c3ccccc3)cc2)c(C)c1. The first kappa shape index (κ1) is 18.7. The number of esters is 1. The molecule has 4 heteroatoms. The summed E-state index contributed by atoms with van der Waals surface area (Å²) in [7, 11) is 0. The van der Waals surface area contributed by atoms with Gasteiger partial charge >= 0.3 is 5.97 Å². The summed E-state index contributed by atoms with van der Waals surface area (Å²) in [6, 6.07) is 20.8. The van der Waals surface area contributed by atoms with Gasteiger partial charge in [0.25, 0.3) is 0 Å². The number of hydrogen-bond acceptors (Lipinski definition) is 3. The van der Waals surface area contributed by atoms with E-state index in [2.05, 4.69) is 42.5 Å². The summed E-state index contributed by atoms with van der Waals surface area (Å²) in [4.78, 5) is 16.8. The maximum atomic E-state index is 12.2. The van der Waals surface area contributed by atoms with Crippen molar-refractivity contribution >= 4 is 5.97 Å². The molecular formula is C25H22N2O2. The number of rotatable bonds is 4. The second-order valence-electron chi connectivity index (χ2n) is 7.15. The molecule has 1 heterocycles. The lowest BCUT2D eigenvalue weighted by molar-refractivity contribution is 0.0735. The van der Waals surface area contributed by atoms with Crippen LogP contribution >= 0.6 is 0 Å². The van der Waals surface area contributed by atoms with Gasteiger partial charge in [0.2, 0.25) is 0 Å². The molecule has 0 spiro atoms. The molecule has 4 nitrogen and oxygen atoms in total. The molecule has 0 N–H and O–H groups in total. The normalized spacial score (nSPS) is 10.7. The molecule has 4 rings (SSSR count). The molecular weight excluding hydrogens is 360 g/mol. The quantitative estimate of drug-likeness (QED) is 0.337. The van der Waals surface area contributed by atoms with Gasteiger partial charge in [0.15, 0.2) is 0 Å². The minimum atomic E-state index is -0.370. The molecule has 0 atom stereocenters. The van der Waals surface area contributed by atoms with Gasteiger partial charge in [-0.2, -0.15) is 0 Å². The first-order chi connectivity index (χ1) is 14.0. The molecule has 0 radical (unpaired) electrons. The van der Waals surface area contributed by atoms with E-state index in [4.69, 9.17) is 4.74 Å². The van der Waals surface area contributed by atoms with E-state index < -0.39 is 0 Å². The number of carbonyl (C=O) groups excluding carboxylic acids is 1. The van der Waals surface area contributed by atoms with E-state index in [1.165, 1.54) is 16.7 Å². The van der Waals surface area contributed by atoms with Crippen molar-refractivity contribution < 1.29 is 9.53 Å². The molecule has 4 aromatic rings. The van der Waals surface area contributed by atoms with Crippen LogP contribution in [0.2, 0.25) is 0 Å². The van der Waals surface area contributed by atoms with Crippen molar-refractivity contribution in [3.8, 4) is 22.8 Å².